The average molecular weight is 1100 g/mol. The summed E-state index contributed by atoms with van der Waals surface area (Å²) in [7, 11) is -4.74. The van der Waals surface area contributed by atoms with Crippen LogP contribution in [0.2, 0.25) is 0 Å². The molecule has 0 amide bonds. The van der Waals surface area contributed by atoms with Crippen molar-refractivity contribution in [3.63, 3.8) is 0 Å². The molecule has 0 aliphatic rings. The third-order valence-corrected chi connectivity index (χ3v) is 15.6. The van der Waals surface area contributed by atoms with Gasteiger partial charge in [0.05, 0.1) is 19.8 Å². The number of ether oxygens (including phenoxy) is 3. The Kier molecular flexibility index (Phi) is 58.0. The second-order valence-corrected chi connectivity index (χ2v) is 23.8. The Morgan fingerprint density at radius 2 is 0.605 bits per heavy atom. The first-order valence-corrected chi connectivity index (χ1v) is 34.1. The number of hydrogen-bond donors (Lipinski definition) is 2. The molecule has 0 aromatic rings. The van der Waals surface area contributed by atoms with Crippen molar-refractivity contribution in [3.8, 4) is 0 Å². The molecular formula is C64H123O11P. The maximum Gasteiger partial charge on any atom is 0.472 e. The van der Waals surface area contributed by atoms with Gasteiger partial charge in [0, 0.05) is 19.3 Å². The Balaban J connectivity index is 4.64. The third kappa shape index (κ3) is 56.9. The van der Waals surface area contributed by atoms with Gasteiger partial charge < -0.3 is 24.2 Å². The SMILES string of the molecule is CCCCCCCC/C=C\CCCCCCCC(=O)OCC(COP(=O)(O)OCC(CO)OC(=O)CCCCCCCCCCCCCCCCC)OC(=O)CCCCCCCCCCCCCCCCCCCCC. The van der Waals surface area contributed by atoms with Gasteiger partial charge in [-0.15, -0.1) is 0 Å². The van der Waals surface area contributed by atoms with Crippen LogP contribution < -0.4 is 0 Å². The summed E-state index contributed by atoms with van der Waals surface area (Å²) in [6, 6.07) is 0. The highest BCUT2D eigenvalue weighted by atomic mass is 31.2. The van der Waals surface area contributed by atoms with Gasteiger partial charge in [-0.1, -0.05) is 290 Å². The fraction of sp³-hybridized carbons (Fsp3) is 0.922. The van der Waals surface area contributed by atoms with Crippen molar-refractivity contribution < 1.29 is 52.2 Å². The monoisotopic (exact) mass is 1100 g/mol. The number of phosphoric ester groups is 1. The lowest BCUT2D eigenvalue weighted by atomic mass is 10.0. The number of esters is 3. The van der Waals surface area contributed by atoms with Crippen LogP contribution >= 0.6 is 7.82 Å². The maximum absolute atomic E-state index is 13.0. The highest BCUT2D eigenvalue weighted by molar-refractivity contribution is 7.47. The Morgan fingerprint density at radius 1 is 0.355 bits per heavy atom. The molecule has 450 valence electrons. The van der Waals surface area contributed by atoms with Crippen molar-refractivity contribution in [2.45, 2.75) is 354 Å². The molecule has 0 bridgehead atoms. The summed E-state index contributed by atoms with van der Waals surface area (Å²) >= 11 is 0. The first kappa shape index (κ1) is 74.2. The van der Waals surface area contributed by atoms with E-state index in [1.54, 1.807) is 0 Å². The van der Waals surface area contributed by atoms with Crippen LogP contribution in [0.15, 0.2) is 12.2 Å². The number of carbonyl (C=O) groups is 3. The predicted octanol–water partition coefficient (Wildman–Crippen LogP) is 19.6. The number of phosphoric acid groups is 1. The molecule has 3 atom stereocenters. The van der Waals surface area contributed by atoms with Gasteiger partial charge in [-0.2, -0.15) is 0 Å². The van der Waals surface area contributed by atoms with Crippen LogP contribution in [0.5, 0.6) is 0 Å². The zero-order valence-electron chi connectivity index (χ0n) is 50.0. The van der Waals surface area contributed by atoms with Gasteiger partial charge in [0.2, 0.25) is 0 Å². The lowest BCUT2D eigenvalue weighted by molar-refractivity contribution is -0.161. The standard InChI is InChI=1S/C64H123O11P/c1-4-7-10-13-16-19-22-25-28-29-30-31-34-37-40-43-46-49-52-55-64(68)75-61(57-71-62(66)53-50-47-44-41-38-35-32-26-23-20-17-14-11-8-5-2)59-73-76(69,70)72-58-60(56-65)74-63(67)54-51-48-45-42-39-36-33-27-24-21-18-15-12-9-6-3/h26,32,60-61,65H,4-25,27-31,33-59H2,1-3H3,(H,69,70)/b32-26-. The minimum atomic E-state index is -4.74. The number of allylic oxidation sites excluding steroid dienone is 2. The van der Waals surface area contributed by atoms with E-state index in [4.69, 9.17) is 23.3 Å². The molecule has 0 aromatic carbocycles. The Morgan fingerprint density at radius 3 is 0.908 bits per heavy atom. The topological polar surface area (TPSA) is 155 Å². The molecule has 0 spiro atoms. The molecule has 12 heteroatoms. The molecule has 11 nitrogen and oxygen atoms in total. The number of aliphatic hydroxyl groups is 1. The van der Waals surface area contributed by atoms with Crippen LogP contribution in [0.3, 0.4) is 0 Å². The average Bonchev–Trinajstić information content (AvgIpc) is 3.41. The van der Waals surface area contributed by atoms with E-state index >= 15 is 0 Å². The second-order valence-electron chi connectivity index (χ2n) is 22.3. The number of aliphatic hydroxyl groups excluding tert-OH is 1. The molecule has 0 fully saturated rings. The van der Waals surface area contributed by atoms with E-state index in [-0.39, 0.29) is 25.9 Å². The van der Waals surface area contributed by atoms with Crippen molar-refractivity contribution in [1.82, 2.24) is 0 Å². The predicted molar refractivity (Wildman–Crippen MR) is 317 cm³/mol. The summed E-state index contributed by atoms with van der Waals surface area (Å²) in [6.45, 7) is 4.72. The van der Waals surface area contributed by atoms with Gasteiger partial charge in [-0.25, -0.2) is 4.57 Å². The summed E-state index contributed by atoms with van der Waals surface area (Å²) in [4.78, 5) is 48.7. The Hall–Kier alpha value is -1.78. The summed E-state index contributed by atoms with van der Waals surface area (Å²) in [6.07, 6.45) is 60.2. The lowest BCUT2D eigenvalue weighted by Crippen LogP contribution is -2.30. The number of rotatable bonds is 62. The minimum absolute atomic E-state index is 0.175. The second kappa shape index (κ2) is 59.3. The summed E-state index contributed by atoms with van der Waals surface area (Å²) in [5, 5.41) is 9.84. The molecule has 0 aromatic heterocycles. The normalized spacial score (nSPS) is 13.3. The van der Waals surface area contributed by atoms with Crippen LogP contribution in [0.4, 0.5) is 0 Å². The molecule has 0 radical (unpaired) electrons. The Labute approximate surface area is 468 Å². The third-order valence-electron chi connectivity index (χ3n) is 14.7. The smallest absolute Gasteiger partial charge is 0.462 e. The van der Waals surface area contributed by atoms with Gasteiger partial charge in [-0.3, -0.25) is 23.4 Å². The molecule has 0 saturated heterocycles. The molecule has 0 heterocycles. The van der Waals surface area contributed by atoms with Crippen molar-refractivity contribution >= 4 is 25.7 Å². The zero-order valence-corrected chi connectivity index (χ0v) is 50.9. The maximum atomic E-state index is 13.0. The van der Waals surface area contributed by atoms with Crippen molar-refractivity contribution in [1.29, 1.82) is 0 Å². The van der Waals surface area contributed by atoms with E-state index in [1.165, 1.54) is 205 Å². The zero-order chi connectivity index (χ0) is 55.5. The fourth-order valence-electron chi connectivity index (χ4n) is 9.71. The van der Waals surface area contributed by atoms with Gasteiger partial charge in [0.25, 0.3) is 0 Å². The highest BCUT2D eigenvalue weighted by Crippen LogP contribution is 2.43. The Bertz CT molecular complexity index is 1330. The molecule has 0 aliphatic heterocycles. The fourth-order valence-corrected chi connectivity index (χ4v) is 10.5. The van der Waals surface area contributed by atoms with Crippen LogP contribution in [0.1, 0.15) is 342 Å². The van der Waals surface area contributed by atoms with Crippen LogP contribution in [-0.2, 0) is 42.2 Å². The summed E-state index contributed by atoms with van der Waals surface area (Å²) in [5.41, 5.74) is 0. The molecule has 0 aliphatic carbocycles. The van der Waals surface area contributed by atoms with Crippen molar-refractivity contribution in [3.05, 3.63) is 12.2 Å². The van der Waals surface area contributed by atoms with E-state index in [9.17, 15) is 28.9 Å². The van der Waals surface area contributed by atoms with Gasteiger partial charge in [-0.05, 0) is 44.9 Å². The van der Waals surface area contributed by atoms with E-state index in [1.807, 2.05) is 0 Å². The van der Waals surface area contributed by atoms with Gasteiger partial charge in [0.1, 0.15) is 12.7 Å². The summed E-state index contributed by atoms with van der Waals surface area (Å²) < 4.78 is 39.7. The number of hydrogen-bond acceptors (Lipinski definition) is 10. The van der Waals surface area contributed by atoms with E-state index in [0.29, 0.717) is 19.3 Å². The van der Waals surface area contributed by atoms with E-state index in [2.05, 4.69) is 32.9 Å². The molecule has 76 heavy (non-hydrogen) atoms. The van der Waals surface area contributed by atoms with Gasteiger partial charge >= 0.3 is 25.7 Å². The van der Waals surface area contributed by atoms with E-state index < -0.39 is 57.8 Å². The molecule has 0 rings (SSSR count). The van der Waals surface area contributed by atoms with E-state index in [0.717, 1.165) is 77.0 Å². The largest absolute Gasteiger partial charge is 0.472 e. The number of unbranched alkanes of at least 4 members (excludes halogenated alkanes) is 43. The molecule has 2 N–H and O–H groups in total. The van der Waals surface area contributed by atoms with Crippen LogP contribution in [0, 0.1) is 0 Å². The molecular weight excluding hydrogens is 976 g/mol. The minimum Gasteiger partial charge on any atom is -0.462 e. The van der Waals surface area contributed by atoms with Crippen molar-refractivity contribution in [2.24, 2.45) is 0 Å². The molecule has 3 unspecified atom stereocenters. The van der Waals surface area contributed by atoms with Gasteiger partial charge in [0.15, 0.2) is 6.10 Å². The first-order chi connectivity index (χ1) is 37.2. The summed E-state index contributed by atoms with van der Waals surface area (Å²) in [5.74, 6) is -1.44. The van der Waals surface area contributed by atoms with Crippen LogP contribution in [0.25, 0.3) is 0 Å². The van der Waals surface area contributed by atoms with Crippen LogP contribution in [-0.4, -0.2) is 66.5 Å². The highest BCUT2D eigenvalue weighted by Gasteiger charge is 2.28. The van der Waals surface area contributed by atoms with Crippen molar-refractivity contribution in [2.75, 3.05) is 26.4 Å². The lowest BCUT2D eigenvalue weighted by Gasteiger charge is -2.21. The number of carbonyl (C=O) groups excluding carboxylic acids is 3. The molecule has 0 saturated carbocycles. The first-order valence-electron chi connectivity index (χ1n) is 32.6. The quantitative estimate of drug-likeness (QED) is 0.0197.